The molecule has 0 aliphatic rings. The molecule has 0 bridgehead atoms. The predicted octanol–water partition coefficient (Wildman–Crippen LogP) is 3.05. The highest BCUT2D eigenvalue weighted by Crippen LogP contribution is 2.28. The Bertz CT molecular complexity index is 1090. The topological polar surface area (TPSA) is 112 Å². The van der Waals surface area contributed by atoms with E-state index in [9.17, 15) is 14.9 Å². The van der Waals surface area contributed by atoms with Gasteiger partial charge in [0.25, 0.3) is 5.56 Å². The van der Waals surface area contributed by atoms with Crippen LogP contribution in [0.4, 0.5) is 0 Å². The van der Waals surface area contributed by atoms with Crippen molar-refractivity contribution >= 4 is 5.97 Å². The van der Waals surface area contributed by atoms with Crippen LogP contribution in [0.3, 0.4) is 0 Å². The second-order valence-electron chi connectivity index (χ2n) is 5.85. The maximum absolute atomic E-state index is 12.4. The normalized spacial score (nSPS) is 10.1. The van der Waals surface area contributed by atoms with E-state index in [1.54, 1.807) is 49.6 Å². The third-order valence-electron chi connectivity index (χ3n) is 4.07. The molecule has 0 aliphatic heterocycles. The van der Waals surface area contributed by atoms with Crippen LogP contribution in [0.5, 0.6) is 11.5 Å². The van der Waals surface area contributed by atoms with Gasteiger partial charge < -0.3 is 19.6 Å². The molecule has 0 fully saturated rings. The number of methoxy groups -OCH3 is 1. The first kappa shape index (κ1) is 18.7. The number of carbonyl (C=O) groups is 1. The Morgan fingerprint density at radius 2 is 1.68 bits per heavy atom. The summed E-state index contributed by atoms with van der Waals surface area (Å²) in [4.78, 5) is 25.7. The second kappa shape index (κ2) is 8.10. The predicted molar refractivity (Wildman–Crippen MR) is 102 cm³/mol. The van der Waals surface area contributed by atoms with Crippen molar-refractivity contribution in [2.45, 2.75) is 0 Å². The lowest BCUT2D eigenvalue weighted by Crippen LogP contribution is -2.12. The maximum atomic E-state index is 12.4. The summed E-state index contributed by atoms with van der Waals surface area (Å²) >= 11 is 0. The number of H-pyrrole nitrogens is 1. The van der Waals surface area contributed by atoms with Crippen molar-refractivity contribution in [3.05, 3.63) is 70.5 Å². The molecule has 0 spiro atoms. The second-order valence-corrected chi connectivity index (χ2v) is 5.85. The molecule has 1 aromatic heterocycles. The van der Waals surface area contributed by atoms with Gasteiger partial charge in [-0.1, -0.05) is 12.1 Å². The number of nitrogens with one attached hydrogen (secondary N) is 1. The average molecular weight is 376 g/mol. The van der Waals surface area contributed by atoms with E-state index in [0.29, 0.717) is 28.3 Å². The molecular weight excluding hydrogens is 360 g/mol. The number of aromatic amines is 1. The fourth-order valence-corrected chi connectivity index (χ4v) is 2.70. The number of carboxylic acids is 1. The highest BCUT2D eigenvalue weighted by molar-refractivity contribution is 5.75. The van der Waals surface area contributed by atoms with Crippen molar-refractivity contribution in [2.75, 3.05) is 13.7 Å². The van der Waals surface area contributed by atoms with E-state index in [-0.39, 0.29) is 5.56 Å². The number of ether oxygens (including phenoxy) is 2. The van der Waals surface area contributed by atoms with Crippen molar-refractivity contribution in [1.29, 1.82) is 5.26 Å². The largest absolute Gasteiger partial charge is 0.497 e. The van der Waals surface area contributed by atoms with E-state index in [4.69, 9.17) is 14.6 Å². The molecule has 0 radical (unpaired) electrons. The lowest BCUT2D eigenvalue weighted by Gasteiger charge is -2.10. The summed E-state index contributed by atoms with van der Waals surface area (Å²) in [5, 5.41) is 18.1. The standard InChI is InChI=1S/C21H16N2O5/c1-27-15-6-4-14(5-7-15)19-10-17(18(11-22)21(26)23-19)13-2-8-16(9-3-13)28-12-20(24)25/h2-10H,12H2,1H3,(H,23,26)(H,24,25). The fraction of sp³-hybridized carbons (Fsp3) is 0.0952. The Balaban J connectivity index is 2.02. The molecule has 0 aliphatic carbocycles. The van der Waals surface area contributed by atoms with Gasteiger partial charge in [-0.3, -0.25) is 4.79 Å². The molecule has 1 heterocycles. The highest BCUT2D eigenvalue weighted by Gasteiger charge is 2.13. The van der Waals surface area contributed by atoms with E-state index in [2.05, 4.69) is 4.98 Å². The lowest BCUT2D eigenvalue weighted by molar-refractivity contribution is -0.139. The summed E-state index contributed by atoms with van der Waals surface area (Å²) in [6, 6.07) is 17.4. The van der Waals surface area contributed by atoms with Gasteiger partial charge in [-0.05, 0) is 53.6 Å². The number of nitrogens with zero attached hydrogens (tertiary/aromatic N) is 1. The van der Waals surface area contributed by atoms with Crippen LogP contribution in [0.1, 0.15) is 5.56 Å². The van der Waals surface area contributed by atoms with Crippen LogP contribution in [0.25, 0.3) is 22.4 Å². The first-order valence-corrected chi connectivity index (χ1v) is 8.28. The van der Waals surface area contributed by atoms with Crippen LogP contribution >= 0.6 is 0 Å². The first-order valence-electron chi connectivity index (χ1n) is 8.28. The van der Waals surface area contributed by atoms with Gasteiger partial charge in [0, 0.05) is 11.3 Å². The van der Waals surface area contributed by atoms with E-state index in [1.165, 1.54) is 0 Å². The summed E-state index contributed by atoms with van der Waals surface area (Å²) in [5.74, 6) is -0.00337. The molecule has 3 aromatic rings. The summed E-state index contributed by atoms with van der Waals surface area (Å²) in [6.45, 7) is -0.449. The minimum atomic E-state index is -1.07. The van der Waals surface area contributed by atoms with Crippen LogP contribution in [0.2, 0.25) is 0 Å². The van der Waals surface area contributed by atoms with E-state index in [0.717, 1.165) is 5.56 Å². The van der Waals surface area contributed by atoms with Gasteiger partial charge in [0.1, 0.15) is 23.1 Å². The Kier molecular flexibility index (Phi) is 5.42. The van der Waals surface area contributed by atoms with Gasteiger partial charge in [0.05, 0.1) is 7.11 Å². The van der Waals surface area contributed by atoms with Crippen LogP contribution < -0.4 is 15.0 Å². The molecule has 140 valence electrons. The summed E-state index contributed by atoms with van der Waals surface area (Å²) in [5.41, 5.74) is 1.95. The SMILES string of the molecule is COc1ccc(-c2cc(-c3ccc(OCC(=O)O)cc3)c(C#N)c(=O)[nH]2)cc1. The summed E-state index contributed by atoms with van der Waals surface area (Å²) in [7, 11) is 1.57. The molecule has 0 unspecified atom stereocenters. The van der Waals surface area contributed by atoms with Gasteiger partial charge in [0.15, 0.2) is 6.61 Å². The van der Waals surface area contributed by atoms with Crippen LogP contribution in [-0.2, 0) is 4.79 Å². The molecule has 2 N–H and O–H groups in total. The minimum absolute atomic E-state index is 0.00327. The Labute approximate surface area is 160 Å². The number of aliphatic carboxylic acids is 1. The number of nitriles is 1. The Morgan fingerprint density at radius 3 is 2.25 bits per heavy atom. The molecule has 2 aromatic carbocycles. The number of carboxylic acid groups (broad SMARTS) is 1. The molecule has 0 amide bonds. The molecule has 7 heteroatoms. The Hall–Kier alpha value is -4.05. The smallest absolute Gasteiger partial charge is 0.341 e. The van der Waals surface area contributed by atoms with Gasteiger partial charge >= 0.3 is 5.97 Å². The minimum Gasteiger partial charge on any atom is -0.497 e. The molecular formula is C21H16N2O5. The number of benzene rings is 2. The van der Waals surface area contributed by atoms with Gasteiger partial charge in [0.2, 0.25) is 0 Å². The number of pyridine rings is 1. The first-order chi connectivity index (χ1) is 13.5. The quantitative estimate of drug-likeness (QED) is 0.684. The van der Waals surface area contributed by atoms with Crippen LogP contribution in [0, 0.1) is 11.3 Å². The third-order valence-corrected chi connectivity index (χ3v) is 4.07. The molecule has 0 saturated carbocycles. The zero-order valence-corrected chi connectivity index (χ0v) is 14.9. The van der Waals surface area contributed by atoms with E-state index in [1.807, 2.05) is 18.2 Å². The summed E-state index contributed by atoms with van der Waals surface area (Å²) < 4.78 is 10.2. The number of hydrogen-bond acceptors (Lipinski definition) is 5. The monoisotopic (exact) mass is 376 g/mol. The number of rotatable bonds is 6. The Morgan fingerprint density at radius 1 is 1.07 bits per heavy atom. The van der Waals surface area contributed by atoms with E-state index >= 15 is 0 Å². The van der Waals surface area contributed by atoms with Crippen LogP contribution in [0.15, 0.2) is 59.4 Å². The van der Waals surface area contributed by atoms with Gasteiger partial charge in [-0.25, -0.2) is 4.79 Å². The molecule has 7 nitrogen and oxygen atoms in total. The third kappa shape index (κ3) is 4.02. The van der Waals surface area contributed by atoms with Crippen molar-refractivity contribution in [1.82, 2.24) is 4.98 Å². The number of hydrogen-bond donors (Lipinski definition) is 2. The van der Waals surface area contributed by atoms with Gasteiger partial charge in [-0.2, -0.15) is 5.26 Å². The molecule has 0 atom stereocenters. The number of aromatic nitrogens is 1. The zero-order valence-electron chi connectivity index (χ0n) is 14.9. The molecule has 3 rings (SSSR count). The molecule has 0 saturated heterocycles. The zero-order chi connectivity index (χ0) is 20.1. The fourth-order valence-electron chi connectivity index (χ4n) is 2.70. The lowest BCUT2D eigenvalue weighted by atomic mass is 9.99. The maximum Gasteiger partial charge on any atom is 0.341 e. The summed E-state index contributed by atoms with van der Waals surface area (Å²) in [6.07, 6.45) is 0. The van der Waals surface area contributed by atoms with Crippen molar-refractivity contribution in [3.8, 4) is 40.0 Å². The van der Waals surface area contributed by atoms with Crippen molar-refractivity contribution in [3.63, 3.8) is 0 Å². The van der Waals surface area contributed by atoms with E-state index < -0.39 is 18.1 Å². The van der Waals surface area contributed by atoms with Crippen LogP contribution in [-0.4, -0.2) is 29.8 Å². The molecule has 28 heavy (non-hydrogen) atoms. The van der Waals surface area contributed by atoms with Gasteiger partial charge in [-0.15, -0.1) is 0 Å². The average Bonchev–Trinajstić information content (AvgIpc) is 2.72. The van der Waals surface area contributed by atoms with Crippen molar-refractivity contribution in [2.24, 2.45) is 0 Å². The highest BCUT2D eigenvalue weighted by atomic mass is 16.5. The van der Waals surface area contributed by atoms with Crippen molar-refractivity contribution < 1.29 is 19.4 Å².